The van der Waals surface area contributed by atoms with Crippen molar-refractivity contribution in [3.63, 3.8) is 0 Å². The van der Waals surface area contributed by atoms with Crippen LogP contribution in [0.5, 0.6) is 0 Å². The standard InChI is InChI=1S/C10H12BrNO.ClH/c11-9-3-1-8(2-4-9)7-10-12-5-6-13-10;/h1-4,10,12H,5-7H2;1H. The van der Waals surface area contributed by atoms with Gasteiger partial charge in [0.05, 0.1) is 6.61 Å². The fraction of sp³-hybridized carbons (Fsp3) is 0.400. The molecule has 14 heavy (non-hydrogen) atoms. The van der Waals surface area contributed by atoms with Gasteiger partial charge in [-0.2, -0.15) is 0 Å². The van der Waals surface area contributed by atoms with Crippen LogP contribution in [0.25, 0.3) is 0 Å². The second-order valence-electron chi connectivity index (χ2n) is 3.14. The highest BCUT2D eigenvalue weighted by molar-refractivity contribution is 9.10. The number of rotatable bonds is 2. The number of nitrogens with one attached hydrogen (secondary N) is 1. The fourth-order valence-electron chi connectivity index (χ4n) is 1.45. The van der Waals surface area contributed by atoms with Crippen molar-refractivity contribution < 1.29 is 4.74 Å². The van der Waals surface area contributed by atoms with Crippen LogP contribution in [-0.4, -0.2) is 19.4 Å². The summed E-state index contributed by atoms with van der Waals surface area (Å²) in [5, 5.41) is 3.29. The number of hydrogen-bond acceptors (Lipinski definition) is 2. The lowest BCUT2D eigenvalue weighted by atomic mass is 10.1. The third-order valence-electron chi connectivity index (χ3n) is 2.13. The van der Waals surface area contributed by atoms with E-state index in [4.69, 9.17) is 4.74 Å². The number of benzene rings is 1. The summed E-state index contributed by atoms with van der Waals surface area (Å²) in [6, 6.07) is 8.36. The molecule has 0 bridgehead atoms. The molecule has 1 aromatic carbocycles. The van der Waals surface area contributed by atoms with Crippen LogP contribution in [0, 0.1) is 0 Å². The Kier molecular flexibility index (Phi) is 4.89. The predicted molar refractivity (Wildman–Crippen MR) is 62.8 cm³/mol. The van der Waals surface area contributed by atoms with Gasteiger partial charge < -0.3 is 4.74 Å². The lowest BCUT2D eigenvalue weighted by molar-refractivity contribution is 0.102. The second-order valence-corrected chi connectivity index (χ2v) is 4.06. The van der Waals surface area contributed by atoms with Crippen molar-refractivity contribution in [3.8, 4) is 0 Å². The molecule has 1 unspecified atom stereocenters. The summed E-state index contributed by atoms with van der Waals surface area (Å²) in [4.78, 5) is 0. The van der Waals surface area contributed by atoms with Crippen LogP contribution in [-0.2, 0) is 11.2 Å². The van der Waals surface area contributed by atoms with Crippen molar-refractivity contribution in [2.24, 2.45) is 0 Å². The van der Waals surface area contributed by atoms with Crippen LogP contribution in [0.1, 0.15) is 5.56 Å². The molecule has 78 valence electrons. The van der Waals surface area contributed by atoms with Crippen molar-refractivity contribution in [1.82, 2.24) is 5.32 Å². The lowest BCUT2D eigenvalue weighted by Gasteiger charge is -2.09. The third kappa shape index (κ3) is 3.24. The Morgan fingerprint density at radius 2 is 2.07 bits per heavy atom. The third-order valence-corrected chi connectivity index (χ3v) is 2.66. The Morgan fingerprint density at radius 1 is 1.36 bits per heavy atom. The smallest absolute Gasteiger partial charge is 0.112 e. The van der Waals surface area contributed by atoms with Crippen molar-refractivity contribution in [2.75, 3.05) is 13.2 Å². The summed E-state index contributed by atoms with van der Waals surface area (Å²) in [5.41, 5.74) is 1.31. The number of hydrogen-bond donors (Lipinski definition) is 1. The molecule has 0 spiro atoms. The van der Waals surface area contributed by atoms with Crippen LogP contribution in [0.15, 0.2) is 28.7 Å². The van der Waals surface area contributed by atoms with Crippen molar-refractivity contribution >= 4 is 28.3 Å². The molecule has 1 saturated heterocycles. The van der Waals surface area contributed by atoms with Crippen molar-refractivity contribution in [1.29, 1.82) is 0 Å². The maximum atomic E-state index is 5.46. The van der Waals surface area contributed by atoms with Gasteiger partial charge in [-0.1, -0.05) is 28.1 Å². The molecule has 4 heteroatoms. The Balaban J connectivity index is 0.000000980. The largest absolute Gasteiger partial charge is 0.362 e. The van der Waals surface area contributed by atoms with Crippen LogP contribution in [0.2, 0.25) is 0 Å². The van der Waals surface area contributed by atoms with E-state index in [0.29, 0.717) is 0 Å². The van der Waals surface area contributed by atoms with E-state index in [0.717, 1.165) is 24.0 Å². The van der Waals surface area contributed by atoms with E-state index in [1.165, 1.54) is 5.56 Å². The molecule has 0 saturated carbocycles. The molecule has 0 radical (unpaired) electrons. The highest BCUT2D eigenvalue weighted by Crippen LogP contribution is 2.12. The number of ether oxygens (including phenoxy) is 1. The SMILES string of the molecule is Brc1ccc(CC2NCCO2)cc1.Cl. The van der Waals surface area contributed by atoms with Gasteiger partial charge in [0.25, 0.3) is 0 Å². The fourth-order valence-corrected chi connectivity index (χ4v) is 1.71. The molecule has 1 N–H and O–H groups in total. The van der Waals surface area contributed by atoms with E-state index in [1.54, 1.807) is 0 Å². The maximum absolute atomic E-state index is 5.46. The number of halogens is 2. The minimum atomic E-state index is 0. The highest BCUT2D eigenvalue weighted by atomic mass is 79.9. The molecule has 1 heterocycles. The summed E-state index contributed by atoms with van der Waals surface area (Å²) in [6.45, 7) is 1.81. The molecule has 1 fully saturated rings. The summed E-state index contributed by atoms with van der Waals surface area (Å²) >= 11 is 3.41. The van der Waals surface area contributed by atoms with E-state index >= 15 is 0 Å². The topological polar surface area (TPSA) is 21.3 Å². The molecule has 1 aliphatic rings. The normalized spacial score (nSPS) is 20.5. The molecule has 1 aliphatic heterocycles. The monoisotopic (exact) mass is 277 g/mol. The second kappa shape index (κ2) is 5.71. The Hall–Kier alpha value is -0.0900. The first-order chi connectivity index (χ1) is 6.34. The molecular formula is C10H13BrClNO. The first-order valence-electron chi connectivity index (χ1n) is 4.44. The minimum Gasteiger partial charge on any atom is -0.362 e. The zero-order valence-corrected chi connectivity index (χ0v) is 10.1. The summed E-state index contributed by atoms with van der Waals surface area (Å²) in [7, 11) is 0. The van der Waals surface area contributed by atoms with E-state index in [9.17, 15) is 0 Å². The predicted octanol–water partition coefficient (Wildman–Crippen LogP) is 2.36. The quantitative estimate of drug-likeness (QED) is 0.897. The molecular weight excluding hydrogens is 265 g/mol. The average molecular weight is 279 g/mol. The first kappa shape index (κ1) is 12.0. The van der Waals surface area contributed by atoms with E-state index < -0.39 is 0 Å². The van der Waals surface area contributed by atoms with Crippen LogP contribution in [0.4, 0.5) is 0 Å². The van der Waals surface area contributed by atoms with Crippen molar-refractivity contribution in [2.45, 2.75) is 12.6 Å². The van der Waals surface area contributed by atoms with E-state index in [-0.39, 0.29) is 18.6 Å². The van der Waals surface area contributed by atoms with E-state index in [2.05, 4.69) is 45.5 Å². The van der Waals surface area contributed by atoms with Gasteiger partial charge in [0.2, 0.25) is 0 Å². The van der Waals surface area contributed by atoms with Gasteiger partial charge in [0.1, 0.15) is 6.23 Å². The van der Waals surface area contributed by atoms with Gasteiger partial charge in [-0.15, -0.1) is 12.4 Å². The van der Waals surface area contributed by atoms with Gasteiger partial charge in [0.15, 0.2) is 0 Å². The minimum absolute atomic E-state index is 0. The first-order valence-corrected chi connectivity index (χ1v) is 5.23. The highest BCUT2D eigenvalue weighted by Gasteiger charge is 2.14. The van der Waals surface area contributed by atoms with Crippen LogP contribution >= 0.6 is 28.3 Å². The van der Waals surface area contributed by atoms with Crippen LogP contribution in [0.3, 0.4) is 0 Å². The Morgan fingerprint density at radius 3 is 2.64 bits per heavy atom. The zero-order chi connectivity index (χ0) is 9.10. The Labute approximate surface area is 98.6 Å². The van der Waals surface area contributed by atoms with Gasteiger partial charge >= 0.3 is 0 Å². The summed E-state index contributed by atoms with van der Waals surface area (Å²) < 4.78 is 6.59. The maximum Gasteiger partial charge on any atom is 0.112 e. The molecule has 2 nitrogen and oxygen atoms in total. The molecule has 0 aromatic heterocycles. The van der Waals surface area contributed by atoms with Gasteiger partial charge in [-0.3, -0.25) is 5.32 Å². The lowest BCUT2D eigenvalue weighted by Crippen LogP contribution is -2.24. The zero-order valence-electron chi connectivity index (χ0n) is 7.70. The van der Waals surface area contributed by atoms with Crippen molar-refractivity contribution in [3.05, 3.63) is 34.3 Å². The van der Waals surface area contributed by atoms with Gasteiger partial charge in [-0.25, -0.2) is 0 Å². The molecule has 0 aliphatic carbocycles. The average Bonchev–Trinajstić information content (AvgIpc) is 2.62. The summed E-state index contributed by atoms with van der Waals surface area (Å²) in [6.07, 6.45) is 1.16. The molecule has 2 rings (SSSR count). The summed E-state index contributed by atoms with van der Waals surface area (Å²) in [5.74, 6) is 0. The van der Waals surface area contributed by atoms with E-state index in [1.807, 2.05) is 0 Å². The van der Waals surface area contributed by atoms with Crippen LogP contribution < -0.4 is 5.32 Å². The molecule has 1 aromatic rings. The van der Waals surface area contributed by atoms with Gasteiger partial charge in [-0.05, 0) is 17.7 Å². The van der Waals surface area contributed by atoms with Gasteiger partial charge in [0, 0.05) is 17.4 Å². The molecule has 1 atom stereocenters. The Bertz CT molecular complexity index is 272. The molecule has 0 amide bonds.